The molecule has 1 fully saturated rings. The second-order valence-corrected chi connectivity index (χ2v) is 5.19. The summed E-state index contributed by atoms with van der Waals surface area (Å²) in [4.78, 5) is 34.8. The molecule has 2 unspecified atom stereocenters. The van der Waals surface area contributed by atoms with Crippen LogP contribution in [-0.2, 0) is 16.1 Å². The molecule has 7 nitrogen and oxygen atoms in total. The standard InChI is InChI=1S/C15H19N3O4/c1-9-12(14(20)18-15(21)17-9)7-13(19)16-8-10-3-5-11(22-2)6-4-10/h3-6,9,12H,7-8H2,1-2H3,(H,16,19)(H2,17,18,20,21). The molecule has 3 N–H and O–H groups in total. The minimum absolute atomic E-state index is 0.0312. The molecule has 7 heteroatoms. The molecule has 2 atom stereocenters. The van der Waals surface area contributed by atoms with Gasteiger partial charge in [0.1, 0.15) is 5.75 Å². The molecule has 118 valence electrons. The lowest BCUT2D eigenvalue weighted by Gasteiger charge is -2.28. The van der Waals surface area contributed by atoms with E-state index in [1.54, 1.807) is 14.0 Å². The molecule has 1 aliphatic heterocycles. The third-order valence-corrected chi connectivity index (χ3v) is 3.59. The summed E-state index contributed by atoms with van der Waals surface area (Å²) < 4.78 is 5.06. The van der Waals surface area contributed by atoms with Crippen LogP contribution in [0.4, 0.5) is 4.79 Å². The van der Waals surface area contributed by atoms with Gasteiger partial charge in [0.05, 0.1) is 13.0 Å². The molecule has 22 heavy (non-hydrogen) atoms. The van der Waals surface area contributed by atoms with Crippen LogP contribution in [0.15, 0.2) is 24.3 Å². The van der Waals surface area contributed by atoms with E-state index in [0.717, 1.165) is 11.3 Å². The smallest absolute Gasteiger partial charge is 0.321 e. The zero-order chi connectivity index (χ0) is 16.1. The molecule has 0 radical (unpaired) electrons. The van der Waals surface area contributed by atoms with E-state index in [1.165, 1.54) is 0 Å². The van der Waals surface area contributed by atoms with Crippen LogP contribution in [0.3, 0.4) is 0 Å². The number of hydrogen-bond acceptors (Lipinski definition) is 4. The molecular formula is C15H19N3O4. The number of nitrogens with one attached hydrogen (secondary N) is 3. The fourth-order valence-corrected chi connectivity index (χ4v) is 2.26. The predicted molar refractivity (Wildman–Crippen MR) is 79.1 cm³/mol. The van der Waals surface area contributed by atoms with E-state index in [4.69, 9.17) is 4.74 Å². The number of rotatable bonds is 5. The maximum absolute atomic E-state index is 12.0. The quantitative estimate of drug-likeness (QED) is 0.740. The number of benzene rings is 1. The monoisotopic (exact) mass is 305 g/mol. The van der Waals surface area contributed by atoms with E-state index < -0.39 is 17.9 Å². The van der Waals surface area contributed by atoms with E-state index in [2.05, 4.69) is 16.0 Å². The lowest BCUT2D eigenvalue weighted by atomic mass is 9.94. The molecule has 0 aromatic heterocycles. The summed E-state index contributed by atoms with van der Waals surface area (Å²) >= 11 is 0. The highest BCUT2D eigenvalue weighted by molar-refractivity contribution is 6.00. The van der Waals surface area contributed by atoms with Crippen LogP contribution in [-0.4, -0.2) is 31.0 Å². The van der Waals surface area contributed by atoms with Crippen LogP contribution in [0.5, 0.6) is 5.75 Å². The van der Waals surface area contributed by atoms with Crippen LogP contribution < -0.4 is 20.7 Å². The Kier molecular flexibility index (Phi) is 4.98. The maximum atomic E-state index is 12.0. The number of hydrogen-bond donors (Lipinski definition) is 3. The molecule has 1 aliphatic rings. The minimum atomic E-state index is -0.562. The van der Waals surface area contributed by atoms with Gasteiger partial charge in [-0.25, -0.2) is 4.79 Å². The molecule has 1 heterocycles. The van der Waals surface area contributed by atoms with E-state index in [9.17, 15) is 14.4 Å². The second kappa shape index (κ2) is 6.93. The molecule has 1 aromatic carbocycles. The van der Waals surface area contributed by atoms with Crippen LogP contribution in [0.1, 0.15) is 18.9 Å². The predicted octanol–water partition coefficient (Wildman–Crippen LogP) is 0.546. The van der Waals surface area contributed by atoms with Gasteiger partial charge >= 0.3 is 6.03 Å². The van der Waals surface area contributed by atoms with Crippen molar-refractivity contribution in [3.8, 4) is 5.75 Å². The molecule has 0 bridgehead atoms. The Morgan fingerprint density at radius 1 is 1.27 bits per heavy atom. The number of imide groups is 1. The SMILES string of the molecule is COc1ccc(CNC(=O)CC2C(=O)NC(=O)NC2C)cc1. The van der Waals surface area contributed by atoms with Crippen molar-refractivity contribution in [2.75, 3.05) is 7.11 Å². The first-order valence-electron chi connectivity index (χ1n) is 7.00. The highest BCUT2D eigenvalue weighted by atomic mass is 16.5. The van der Waals surface area contributed by atoms with Gasteiger partial charge in [-0.2, -0.15) is 0 Å². The Morgan fingerprint density at radius 3 is 2.55 bits per heavy atom. The summed E-state index contributed by atoms with van der Waals surface area (Å²) in [5, 5.41) is 7.52. The molecular weight excluding hydrogens is 286 g/mol. The normalized spacial score (nSPS) is 20.8. The molecule has 2 rings (SSSR count). The van der Waals surface area contributed by atoms with Crippen molar-refractivity contribution in [1.29, 1.82) is 0 Å². The molecule has 0 saturated carbocycles. The van der Waals surface area contributed by atoms with Gasteiger partial charge in [0, 0.05) is 19.0 Å². The molecule has 1 aromatic rings. The summed E-state index contributed by atoms with van der Waals surface area (Å²) in [6, 6.07) is 6.45. The first kappa shape index (κ1) is 15.8. The lowest BCUT2D eigenvalue weighted by molar-refractivity contribution is -0.131. The number of ether oxygens (including phenoxy) is 1. The van der Waals surface area contributed by atoms with E-state index >= 15 is 0 Å². The van der Waals surface area contributed by atoms with Gasteiger partial charge in [-0.1, -0.05) is 12.1 Å². The van der Waals surface area contributed by atoms with E-state index in [0.29, 0.717) is 6.54 Å². The van der Waals surface area contributed by atoms with Crippen molar-refractivity contribution < 1.29 is 19.1 Å². The summed E-state index contributed by atoms with van der Waals surface area (Å²) in [6.45, 7) is 2.08. The summed E-state index contributed by atoms with van der Waals surface area (Å²) in [6.07, 6.45) is 0.0312. The van der Waals surface area contributed by atoms with Crippen LogP contribution in [0, 0.1) is 5.92 Å². The molecule has 0 aliphatic carbocycles. The van der Waals surface area contributed by atoms with Crippen LogP contribution in [0.25, 0.3) is 0 Å². The average molecular weight is 305 g/mol. The first-order valence-corrected chi connectivity index (χ1v) is 7.00. The highest BCUT2D eigenvalue weighted by Crippen LogP contribution is 2.14. The Balaban J connectivity index is 1.84. The van der Waals surface area contributed by atoms with Crippen molar-refractivity contribution in [2.45, 2.75) is 25.9 Å². The number of amides is 4. The molecule has 0 spiro atoms. The maximum Gasteiger partial charge on any atom is 0.321 e. The fraction of sp³-hybridized carbons (Fsp3) is 0.400. The third-order valence-electron chi connectivity index (χ3n) is 3.59. The van der Waals surface area contributed by atoms with E-state index in [1.807, 2.05) is 24.3 Å². The second-order valence-electron chi connectivity index (χ2n) is 5.19. The number of carbonyl (C=O) groups is 3. The average Bonchev–Trinajstić information content (AvgIpc) is 2.49. The van der Waals surface area contributed by atoms with Gasteiger partial charge in [0.2, 0.25) is 11.8 Å². The Hall–Kier alpha value is -2.57. The lowest BCUT2D eigenvalue weighted by Crippen LogP contribution is -2.57. The topological polar surface area (TPSA) is 96.5 Å². The summed E-state index contributed by atoms with van der Waals surface area (Å²) in [5.41, 5.74) is 0.934. The Labute approximate surface area is 128 Å². The van der Waals surface area contributed by atoms with Crippen LogP contribution >= 0.6 is 0 Å². The minimum Gasteiger partial charge on any atom is -0.497 e. The van der Waals surface area contributed by atoms with Gasteiger partial charge in [-0.05, 0) is 24.6 Å². The van der Waals surface area contributed by atoms with Crippen molar-refractivity contribution in [3.63, 3.8) is 0 Å². The molecule has 1 saturated heterocycles. The molecule has 4 amide bonds. The third kappa shape index (κ3) is 3.97. The van der Waals surface area contributed by atoms with Crippen molar-refractivity contribution in [1.82, 2.24) is 16.0 Å². The zero-order valence-electron chi connectivity index (χ0n) is 12.5. The van der Waals surface area contributed by atoms with E-state index in [-0.39, 0.29) is 18.4 Å². The Morgan fingerprint density at radius 2 is 1.95 bits per heavy atom. The number of urea groups is 1. The van der Waals surface area contributed by atoms with Crippen LogP contribution in [0.2, 0.25) is 0 Å². The largest absolute Gasteiger partial charge is 0.497 e. The van der Waals surface area contributed by atoms with Gasteiger partial charge < -0.3 is 15.4 Å². The van der Waals surface area contributed by atoms with Crippen molar-refractivity contribution in [3.05, 3.63) is 29.8 Å². The number of carbonyl (C=O) groups excluding carboxylic acids is 3. The first-order chi connectivity index (χ1) is 10.5. The van der Waals surface area contributed by atoms with Gasteiger partial charge in [-0.15, -0.1) is 0 Å². The van der Waals surface area contributed by atoms with Gasteiger partial charge in [0.15, 0.2) is 0 Å². The highest BCUT2D eigenvalue weighted by Gasteiger charge is 2.33. The van der Waals surface area contributed by atoms with Crippen molar-refractivity contribution in [2.24, 2.45) is 5.92 Å². The number of methoxy groups -OCH3 is 1. The summed E-state index contributed by atoms with van der Waals surface area (Å²) in [5.74, 6) is -0.470. The fourth-order valence-electron chi connectivity index (χ4n) is 2.26. The zero-order valence-corrected chi connectivity index (χ0v) is 12.5. The summed E-state index contributed by atoms with van der Waals surface area (Å²) in [7, 11) is 1.59. The van der Waals surface area contributed by atoms with Gasteiger partial charge in [0.25, 0.3) is 0 Å². The van der Waals surface area contributed by atoms with Crippen molar-refractivity contribution >= 4 is 17.8 Å². The Bertz CT molecular complexity index is 571. The van der Waals surface area contributed by atoms with Gasteiger partial charge in [-0.3, -0.25) is 14.9 Å².